The molecule has 1 heterocycles. The molecule has 1 atom stereocenters. The van der Waals surface area contributed by atoms with Gasteiger partial charge in [0.15, 0.2) is 5.78 Å². The first-order valence-electron chi connectivity index (χ1n) is 9.89. The van der Waals surface area contributed by atoms with Crippen molar-refractivity contribution in [1.82, 2.24) is 10.3 Å². The molecule has 0 fully saturated rings. The summed E-state index contributed by atoms with van der Waals surface area (Å²) in [7, 11) is 0. The summed E-state index contributed by atoms with van der Waals surface area (Å²) in [6.45, 7) is 6.02. The summed E-state index contributed by atoms with van der Waals surface area (Å²) in [5.74, 6) is -0.452. The number of rotatable bonds is 2. The maximum atomic E-state index is 13.0. The van der Waals surface area contributed by atoms with Crippen molar-refractivity contribution in [3.63, 3.8) is 0 Å². The van der Waals surface area contributed by atoms with Gasteiger partial charge in [-0.15, -0.1) is 0 Å². The van der Waals surface area contributed by atoms with E-state index in [4.69, 9.17) is 0 Å². The summed E-state index contributed by atoms with van der Waals surface area (Å²) in [5, 5.41) is 3.08. The Hall–Kier alpha value is -2.69. The van der Waals surface area contributed by atoms with Crippen LogP contribution in [0.4, 0.5) is 0 Å². The van der Waals surface area contributed by atoms with Crippen LogP contribution in [0.15, 0.2) is 35.1 Å². The van der Waals surface area contributed by atoms with Gasteiger partial charge in [-0.3, -0.25) is 14.4 Å². The van der Waals surface area contributed by atoms with E-state index < -0.39 is 17.0 Å². The standard InChI is InChI=1S/C23H26N2O3/c1-22(2)12-18-15(19(26)13-22)11-16(20(27)24-18)21(28)25-23(3)10-6-8-14-7-4-5-9-17(14)23/h4-5,7,9,11H,6,8,10,12-13H2,1-3H3,(H,24,27)(H,25,28). The third kappa shape index (κ3) is 3.19. The van der Waals surface area contributed by atoms with Gasteiger partial charge < -0.3 is 10.3 Å². The molecule has 4 rings (SSSR count). The number of hydrogen-bond donors (Lipinski definition) is 2. The van der Waals surface area contributed by atoms with Gasteiger partial charge in [0.1, 0.15) is 5.56 Å². The summed E-state index contributed by atoms with van der Waals surface area (Å²) in [6.07, 6.45) is 3.81. The summed E-state index contributed by atoms with van der Waals surface area (Å²) >= 11 is 0. The molecule has 0 saturated heterocycles. The maximum Gasteiger partial charge on any atom is 0.261 e. The van der Waals surface area contributed by atoms with E-state index in [0.29, 0.717) is 24.1 Å². The van der Waals surface area contributed by atoms with E-state index in [-0.39, 0.29) is 16.8 Å². The molecule has 0 saturated carbocycles. The third-order valence-corrected chi connectivity index (χ3v) is 6.09. The van der Waals surface area contributed by atoms with Gasteiger partial charge in [-0.25, -0.2) is 0 Å². The van der Waals surface area contributed by atoms with Gasteiger partial charge in [-0.1, -0.05) is 38.1 Å². The molecule has 0 bridgehead atoms. The van der Waals surface area contributed by atoms with Crippen molar-refractivity contribution in [2.75, 3.05) is 0 Å². The number of benzene rings is 1. The van der Waals surface area contributed by atoms with Crippen LogP contribution in [0.3, 0.4) is 0 Å². The Balaban J connectivity index is 1.68. The summed E-state index contributed by atoms with van der Waals surface area (Å²) in [5.41, 5.74) is 2.30. The number of nitrogens with one attached hydrogen (secondary N) is 2. The Labute approximate surface area is 164 Å². The minimum absolute atomic E-state index is 0.0103. The van der Waals surface area contributed by atoms with Crippen molar-refractivity contribution in [1.29, 1.82) is 0 Å². The number of carbonyl (C=O) groups excluding carboxylic acids is 2. The van der Waals surface area contributed by atoms with Gasteiger partial charge in [0.05, 0.1) is 5.54 Å². The monoisotopic (exact) mass is 378 g/mol. The molecule has 5 heteroatoms. The first-order chi connectivity index (χ1) is 13.2. The second kappa shape index (κ2) is 6.43. The zero-order valence-corrected chi connectivity index (χ0v) is 16.6. The van der Waals surface area contributed by atoms with E-state index in [2.05, 4.69) is 16.4 Å². The fourth-order valence-electron chi connectivity index (χ4n) is 4.69. The van der Waals surface area contributed by atoms with Crippen LogP contribution < -0.4 is 10.9 Å². The fourth-order valence-corrected chi connectivity index (χ4v) is 4.69. The van der Waals surface area contributed by atoms with Crippen LogP contribution >= 0.6 is 0 Å². The predicted octanol–water partition coefficient (Wildman–Crippen LogP) is 3.51. The molecule has 2 N–H and O–H groups in total. The van der Waals surface area contributed by atoms with Crippen molar-refractivity contribution >= 4 is 11.7 Å². The number of ketones is 1. The van der Waals surface area contributed by atoms with Crippen LogP contribution in [0.25, 0.3) is 0 Å². The predicted molar refractivity (Wildman–Crippen MR) is 108 cm³/mol. The molecular formula is C23H26N2O3. The molecule has 2 aromatic rings. The lowest BCUT2D eigenvalue weighted by atomic mass is 9.75. The lowest BCUT2D eigenvalue weighted by Gasteiger charge is -2.37. The van der Waals surface area contributed by atoms with E-state index in [9.17, 15) is 14.4 Å². The number of hydrogen-bond acceptors (Lipinski definition) is 3. The number of aromatic amines is 1. The fraction of sp³-hybridized carbons (Fsp3) is 0.435. The van der Waals surface area contributed by atoms with E-state index in [0.717, 1.165) is 24.8 Å². The summed E-state index contributed by atoms with van der Waals surface area (Å²) in [6, 6.07) is 9.59. The number of H-pyrrole nitrogens is 1. The molecule has 1 unspecified atom stereocenters. The molecule has 1 amide bonds. The molecule has 0 aliphatic heterocycles. The number of aromatic nitrogens is 1. The highest BCUT2D eigenvalue weighted by atomic mass is 16.2. The van der Waals surface area contributed by atoms with Crippen LogP contribution in [0.1, 0.15) is 77.6 Å². The Bertz CT molecular complexity index is 1030. The van der Waals surface area contributed by atoms with E-state index in [1.807, 2.05) is 39.0 Å². The number of Topliss-reactive ketones (excluding diaryl/α,β-unsaturated/α-hetero) is 1. The molecule has 2 aliphatic carbocycles. The topological polar surface area (TPSA) is 79.0 Å². The lowest BCUT2D eigenvalue weighted by molar-refractivity contribution is 0.0893. The molecule has 2 aliphatic rings. The molecule has 1 aromatic carbocycles. The van der Waals surface area contributed by atoms with Crippen molar-refractivity contribution < 1.29 is 9.59 Å². The smallest absolute Gasteiger partial charge is 0.261 e. The first kappa shape index (κ1) is 18.7. The Morgan fingerprint density at radius 2 is 1.86 bits per heavy atom. The number of pyridine rings is 1. The van der Waals surface area contributed by atoms with Gasteiger partial charge in [0, 0.05) is 17.7 Å². The van der Waals surface area contributed by atoms with Crippen molar-refractivity contribution in [3.8, 4) is 0 Å². The lowest BCUT2D eigenvalue weighted by Crippen LogP contribution is -2.47. The second-order valence-electron chi connectivity index (χ2n) is 9.14. The van der Waals surface area contributed by atoms with Crippen LogP contribution in [0, 0.1) is 5.41 Å². The number of fused-ring (bicyclic) bond motifs is 2. The Kier molecular flexibility index (Phi) is 4.29. The summed E-state index contributed by atoms with van der Waals surface area (Å²) < 4.78 is 0. The SMILES string of the molecule is CC1(C)CC(=O)c2cc(C(=O)NC3(C)CCCc4ccccc43)c(=O)[nH]c2C1. The molecule has 1 aromatic heterocycles. The van der Waals surface area contributed by atoms with Crippen LogP contribution in [-0.2, 0) is 18.4 Å². The number of aryl methyl sites for hydroxylation is 1. The highest BCUT2D eigenvalue weighted by Crippen LogP contribution is 2.36. The van der Waals surface area contributed by atoms with Crippen LogP contribution in [0.5, 0.6) is 0 Å². The minimum atomic E-state index is -0.528. The molecular weight excluding hydrogens is 352 g/mol. The van der Waals surface area contributed by atoms with Gasteiger partial charge in [0.2, 0.25) is 0 Å². The van der Waals surface area contributed by atoms with Gasteiger partial charge in [-0.05, 0) is 55.2 Å². The normalized spacial score (nSPS) is 22.9. The highest BCUT2D eigenvalue weighted by Gasteiger charge is 2.36. The maximum absolute atomic E-state index is 13.0. The third-order valence-electron chi connectivity index (χ3n) is 6.09. The van der Waals surface area contributed by atoms with Crippen LogP contribution in [-0.4, -0.2) is 16.7 Å². The van der Waals surface area contributed by atoms with E-state index in [1.54, 1.807) is 0 Å². The average Bonchev–Trinajstić information content (AvgIpc) is 2.60. The van der Waals surface area contributed by atoms with E-state index >= 15 is 0 Å². The van der Waals surface area contributed by atoms with Crippen molar-refractivity contribution in [2.45, 2.75) is 58.4 Å². The quantitative estimate of drug-likeness (QED) is 0.839. The average molecular weight is 378 g/mol. The zero-order chi connectivity index (χ0) is 20.1. The van der Waals surface area contributed by atoms with Crippen molar-refractivity contribution in [3.05, 3.63) is 68.6 Å². The van der Waals surface area contributed by atoms with Gasteiger partial charge in [0.25, 0.3) is 11.5 Å². The molecule has 28 heavy (non-hydrogen) atoms. The minimum Gasteiger partial charge on any atom is -0.343 e. The first-order valence-corrected chi connectivity index (χ1v) is 9.89. The number of carbonyl (C=O) groups is 2. The zero-order valence-electron chi connectivity index (χ0n) is 16.6. The molecule has 5 nitrogen and oxygen atoms in total. The number of amides is 1. The molecule has 0 spiro atoms. The second-order valence-corrected chi connectivity index (χ2v) is 9.14. The largest absolute Gasteiger partial charge is 0.343 e. The highest BCUT2D eigenvalue weighted by molar-refractivity contribution is 6.02. The van der Waals surface area contributed by atoms with Gasteiger partial charge in [-0.2, -0.15) is 0 Å². The van der Waals surface area contributed by atoms with E-state index in [1.165, 1.54) is 11.6 Å². The van der Waals surface area contributed by atoms with Crippen molar-refractivity contribution in [2.24, 2.45) is 5.41 Å². The Morgan fingerprint density at radius 1 is 1.11 bits per heavy atom. The van der Waals surface area contributed by atoms with Gasteiger partial charge >= 0.3 is 0 Å². The Morgan fingerprint density at radius 3 is 2.64 bits per heavy atom. The summed E-state index contributed by atoms with van der Waals surface area (Å²) in [4.78, 5) is 41.0. The van der Waals surface area contributed by atoms with Crippen LogP contribution in [0.2, 0.25) is 0 Å². The molecule has 0 radical (unpaired) electrons. The molecule has 146 valence electrons.